The van der Waals surface area contributed by atoms with E-state index in [0.29, 0.717) is 65.9 Å². The molecule has 0 aliphatic heterocycles. The van der Waals surface area contributed by atoms with E-state index >= 15 is 13.2 Å². The number of nitrogens with zero attached hydrogens (tertiary/aromatic N) is 6. The fraction of sp³-hybridized carbons (Fsp3) is 0.0244. The number of aromatic nitrogens is 2. The van der Waals surface area contributed by atoms with Gasteiger partial charge in [-0.1, -0.05) is 36.4 Å². The monoisotopic (exact) mass is 652 g/mol. The van der Waals surface area contributed by atoms with E-state index in [0.717, 1.165) is 0 Å². The lowest BCUT2D eigenvalue weighted by molar-refractivity contribution is -0.137. The maximum atomic E-state index is 15.9. The molecule has 0 aliphatic rings. The van der Waals surface area contributed by atoms with E-state index in [1.54, 1.807) is 94.1 Å². The summed E-state index contributed by atoms with van der Waals surface area (Å²) in [6, 6.07) is 39.7. The van der Waals surface area contributed by atoms with E-state index in [1.165, 1.54) is 18.2 Å². The molecule has 0 unspecified atom stereocenters. The lowest BCUT2D eigenvalue weighted by atomic mass is 9.96. The molecule has 8 rings (SSSR count). The lowest BCUT2D eigenvalue weighted by Crippen LogP contribution is -2.16. The van der Waals surface area contributed by atoms with Crippen molar-refractivity contribution in [1.29, 1.82) is 21.0 Å². The summed E-state index contributed by atoms with van der Waals surface area (Å²) in [7, 11) is 0. The van der Waals surface area contributed by atoms with Crippen LogP contribution in [0.15, 0.2) is 115 Å². The normalized spacial score (nSPS) is 11.4. The van der Waals surface area contributed by atoms with Crippen molar-refractivity contribution in [3.05, 3.63) is 143 Å². The van der Waals surface area contributed by atoms with Crippen LogP contribution in [0, 0.1) is 45.3 Å². The molecule has 0 aliphatic carbocycles. The fourth-order valence-corrected chi connectivity index (χ4v) is 6.95. The molecule has 0 amide bonds. The summed E-state index contributed by atoms with van der Waals surface area (Å²) in [5, 5.41) is 41.5. The van der Waals surface area contributed by atoms with Gasteiger partial charge in [0.25, 0.3) is 0 Å². The van der Waals surface area contributed by atoms with E-state index in [-0.39, 0.29) is 22.5 Å². The van der Waals surface area contributed by atoms with Gasteiger partial charge < -0.3 is 9.13 Å². The Kier molecular flexibility index (Phi) is 6.69. The molecule has 0 radical (unpaired) electrons. The number of nitriles is 4. The molecule has 0 saturated heterocycles. The summed E-state index contributed by atoms with van der Waals surface area (Å²) in [6.45, 7) is 0. The predicted molar refractivity (Wildman–Crippen MR) is 184 cm³/mol. The van der Waals surface area contributed by atoms with Crippen molar-refractivity contribution >= 4 is 43.6 Å². The minimum Gasteiger partial charge on any atom is -0.309 e. The maximum Gasteiger partial charge on any atom is 0.420 e. The molecule has 6 nitrogen and oxygen atoms in total. The van der Waals surface area contributed by atoms with Crippen molar-refractivity contribution in [2.45, 2.75) is 6.18 Å². The van der Waals surface area contributed by atoms with Crippen LogP contribution in [0.4, 0.5) is 13.2 Å². The number of fused-ring (bicyclic) bond motifs is 6. The molecular weight excluding hydrogens is 633 g/mol. The lowest BCUT2D eigenvalue weighted by Gasteiger charge is -2.23. The van der Waals surface area contributed by atoms with E-state index in [4.69, 9.17) is 0 Å². The summed E-state index contributed by atoms with van der Waals surface area (Å²) >= 11 is 0. The van der Waals surface area contributed by atoms with Crippen LogP contribution in [0.3, 0.4) is 0 Å². The molecule has 2 heterocycles. The van der Waals surface area contributed by atoms with Crippen molar-refractivity contribution in [3.63, 3.8) is 0 Å². The number of halogens is 3. The Bertz CT molecular complexity index is 2730. The third-order valence-electron chi connectivity index (χ3n) is 8.99. The van der Waals surface area contributed by atoms with Crippen LogP contribution < -0.4 is 0 Å². The van der Waals surface area contributed by atoms with Crippen molar-refractivity contribution in [3.8, 4) is 46.8 Å². The minimum atomic E-state index is -4.88. The molecule has 0 bridgehead atoms. The van der Waals surface area contributed by atoms with Gasteiger partial charge in [0.2, 0.25) is 0 Å². The summed E-state index contributed by atoms with van der Waals surface area (Å²) in [5.41, 5.74) is 2.47. The number of para-hydroxylation sites is 2. The fourth-order valence-electron chi connectivity index (χ4n) is 6.95. The molecule has 8 aromatic rings. The molecule has 0 saturated carbocycles. The smallest absolute Gasteiger partial charge is 0.309 e. The van der Waals surface area contributed by atoms with Gasteiger partial charge in [-0.25, -0.2) is 0 Å². The highest BCUT2D eigenvalue weighted by Gasteiger charge is 2.39. The maximum absolute atomic E-state index is 15.9. The van der Waals surface area contributed by atoms with Crippen LogP contribution in [-0.2, 0) is 6.18 Å². The molecule has 0 N–H and O–H groups in total. The van der Waals surface area contributed by atoms with Crippen molar-refractivity contribution in [1.82, 2.24) is 9.13 Å². The van der Waals surface area contributed by atoms with E-state index < -0.39 is 11.7 Å². The SMILES string of the molecule is N#Cc1cc(C#N)cc(-c2cc(-n3c4ccccc4c4cc(C#N)ccc43)c(C(F)(F)F)c(-n3c4ccccc4c4cc(C#N)ccc43)c2)c1. The largest absolute Gasteiger partial charge is 0.420 e. The molecule has 6 aromatic carbocycles. The van der Waals surface area contributed by atoms with Gasteiger partial charge in [-0.15, -0.1) is 0 Å². The second-order valence-corrected chi connectivity index (χ2v) is 11.8. The van der Waals surface area contributed by atoms with Gasteiger partial charge in [-0.3, -0.25) is 0 Å². The van der Waals surface area contributed by atoms with E-state index in [2.05, 4.69) is 24.3 Å². The molecule has 0 spiro atoms. The van der Waals surface area contributed by atoms with Gasteiger partial charge in [-0.05, 0) is 90.0 Å². The molecule has 234 valence electrons. The Labute approximate surface area is 282 Å². The highest BCUT2D eigenvalue weighted by Crippen LogP contribution is 2.46. The van der Waals surface area contributed by atoms with Gasteiger partial charge in [0.05, 0.1) is 80.0 Å². The zero-order valence-electron chi connectivity index (χ0n) is 25.8. The first-order valence-corrected chi connectivity index (χ1v) is 15.3. The summed E-state index contributed by atoms with van der Waals surface area (Å²) in [4.78, 5) is 0. The standard InChI is InChI=1S/C41H19F3N6/c42-41(43,44)40-38(49-34-7-3-1-5-30(34)32-16-24(20-45)9-11-36(32)49)18-29(28-14-26(22-47)13-27(15-28)23-48)19-39(40)50-35-8-4-2-6-31(35)33-17-25(21-46)10-12-37(33)50/h1-19H. The van der Waals surface area contributed by atoms with Gasteiger partial charge in [0.15, 0.2) is 0 Å². The highest BCUT2D eigenvalue weighted by molar-refractivity contribution is 6.11. The number of rotatable bonds is 3. The second kappa shape index (κ2) is 11.1. The molecule has 2 aromatic heterocycles. The second-order valence-electron chi connectivity index (χ2n) is 11.8. The van der Waals surface area contributed by atoms with Crippen molar-refractivity contribution in [2.75, 3.05) is 0 Å². The van der Waals surface area contributed by atoms with E-state index in [1.807, 2.05) is 12.1 Å². The Morgan fingerprint density at radius 1 is 0.420 bits per heavy atom. The Hall–Kier alpha value is -7.33. The first-order chi connectivity index (χ1) is 24.2. The van der Waals surface area contributed by atoms with Crippen LogP contribution in [-0.4, -0.2) is 9.13 Å². The quantitative estimate of drug-likeness (QED) is 0.189. The molecular formula is C41H19F3N6. The Balaban J connectivity index is 1.61. The van der Waals surface area contributed by atoms with Crippen LogP contribution in [0.1, 0.15) is 27.8 Å². The number of hydrogen-bond acceptors (Lipinski definition) is 4. The highest BCUT2D eigenvalue weighted by atomic mass is 19.4. The molecule has 50 heavy (non-hydrogen) atoms. The van der Waals surface area contributed by atoms with Gasteiger partial charge in [0.1, 0.15) is 5.56 Å². The van der Waals surface area contributed by atoms with Gasteiger partial charge in [-0.2, -0.15) is 34.2 Å². The molecule has 0 fully saturated rings. The van der Waals surface area contributed by atoms with Crippen molar-refractivity contribution in [2.24, 2.45) is 0 Å². The van der Waals surface area contributed by atoms with Gasteiger partial charge >= 0.3 is 6.18 Å². The number of benzene rings is 6. The first kappa shape index (κ1) is 30.0. The Morgan fingerprint density at radius 3 is 1.24 bits per heavy atom. The zero-order chi connectivity index (χ0) is 34.7. The number of hydrogen-bond donors (Lipinski definition) is 0. The van der Waals surface area contributed by atoms with Crippen LogP contribution in [0.5, 0.6) is 0 Å². The predicted octanol–water partition coefficient (Wildman–Crippen LogP) is 10.1. The minimum absolute atomic E-state index is 0.179. The first-order valence-electron chi connectivity index (χ1n) is 15.3. The number of alkyl halides is 3. The topological polar surface area (TPSA) is 105 Å². The third-order valence-corrected chi connectivity index (χ3v) is 8.99. The average molecular weight is 653 g/mol. The van der Waals surface area contributed by atoms with Crippen molar-refractivity contribution < 1.29 is 13.2 Å². The van der Waals surface area contributed by atoms with Crippen LogP contribution >= 0.6 is 0 Å². The molecule has 9 heteroatoms. The van der Waals surface area contributed by atoms with E-state index in [9.17, 15) is 21.0 Å². The summed E-state index contributed by atoms with van der Waals surface area (Å²) < 4.78 is 50.8. The summed E-state index contributed by atoms with van der Waals surface area (Å²) in [6.07, 6.45) is -4.88. The average Bonchev–Trinajstić information content (AvgIpc) is 3.65. The summed E-state index contributed by atoms with van der Waals surface area (Å²) in [5.74, 6) is 0. The Morgan fingerprint density at radius 2 is 0.820 bits per heavy atom. The zero-order valence-corrected chi connectivity index (χ0v) is 25.8. The molecule has 0 atom stereocenters. The van der Waals surface area contributed by atoms with Crippen LogP contribution in [0.2, 0.25) is 0 Å². The van der Waals surface area contributed by atoms with Crippen LogP contribution in [0.25, 0.3) is 66.1 Å². The van der Waals surface area contributed by atoms with Gasteiger partial charge in [0, 0.05) is 21.5 Å². The third kappa shape index (κ3) is 4.54.